The topological polar surface area (TPSA) is 73.6 Å². The third kappa shape index (κ3) is 4.86. The number of ether oxygens (including phenoxy) is 2. The first kappa shape index (κ1) is 18.5. The zero-order valence-electron chi connectivity index (χ0n) is 12.1. The van der Waals surface area contributed by atoms with Gasteiger partial charge in [-0.1, -0.05) is 13.8 Å². The number of hydrogen-bond acceptors (Lipinski definition) is 5. The van der Waals surface area contributed by atoms with E-state index < -0.39 is 4.92 Å². The van der Waals surface area contributed by atoms with E-state index in [4.69, 9.17) is 9.47 Å². The SMILES string of the molecule is COc1cc(CCNC(C)C)c([N+](=O)[O-])cc1OC.Cl. The molecule has 1 aromatic carbocycles. The van der Waals surface area contributed by atoms with Crippen LogP contribution in [0.25, 0.3) is 0 Å². The number of benzene rings is 1. The molecule has 114 valence electrons. The number of hydrogen-bond donors (Lipinski definition) is 1. The van der Waals surface area contributed by atoms with Crippen molar-refractivity contribution in [3.63, 3.8) is 0 Å². The average Bonchev–Trinajstić information content (AvgIpc) is 2.37. The van der Waals surface area contributed by atoms with E-state index >= 15 is 0 Å². The molecule has 1 rings (SSSR count). The highest BCUT2D eigenvalue weighted by Crippen LogP contribution is 2.34. The number of nitrogens with zero attached hydrogens (tertiary/aromatic N) is 1. The van der Waals surface area contributed by atoms with Crippen molar-refractivity contribution in [2.24, 2.45) is 0 Å². The van der Waals surface area contributed by atoms with E-state index in [9.17, 15) is 10.1 Å². The Kier molecular flexibility index (Phi) is 7.94. The molecule has 1 aromatic rings. The number of halogens is 1. The molecule has 0 aliphatic rings. The second-order valence-corrected chi connectivity index (χ2v) is 4.45. The van der Waals surface area contributed by atoms with Crippen molar-refractivity contribution in [1.29, 1.82) is 0 Å². The van der Waals surface area contributed by atoms with Crippen molar-refractivity contribution >= 4 is 18.1 Å². The summed E-state index contributed by atoms with van der Waals surface area (Å²) < 4.78 is 10.3. The number of methoxy groups -OCH3 is 2. The summed E-state index contributed by atoms with van der Waals surface area (Å²) in [4.78, 5) is 10.7. The average molecular weight is 305 g/mol. The molecule has 7 heteroatoms. The van der Waals surface area contributed by atoms with Crippen LogP contribution < -0.4 is 14.8 Å². The normalized spacial score (nSPS) is 10.1. The monoisotopic (exact) mass is 304 g/mol. The van der Waals surface area contributed by atoms with Gasteiger partial charge in [-0.25, -0.2) is 0 Å². The van der Waals surface area contributed by atoms with Crippen LogP contribution in [-0.4, -0.2) is 31.7 Å². The zero-order valence-corrected chi connectivity index (χ0v) is 13.0. The summed E-state index contributed by atoms with van der Waals surface area (Å²) in [6.45, 7) is 4.74. The van der Waals surface area contributed by atoms with Gasteiger partial charge in [0.25, 0.3) is 5.69 Å². The summed E-state index contributed by atoms with van der Waals surface area (Å²) in [6, 6.07) is 3.42. The Morgan fingerprint density at radius 3 is 2.25 bits per heavy atom. The fourth-order valence-electron chi connectivity index (χ4n) is 1.78. The quantitative estimate of drug-likeness (QED) is 0.619. The van der Waals surface area contributed by atoms with Crippen LogP contribution in [0.3, 0.4) is 0 Å². The fraction of sp³-hybridized carbons (Fsp3) is 0.538. The summed E-state index contributed by atoms with van der Waals surface area (Å²) in [6.07, 6.45) is 0.564. The Labute approximate surface area is 125 Å². The van der Waals surface area contributed by atoms with Gasteiger partial charge in [0.15, 0.2) is 11.5 Å². The molecule has 0 amide bonds. The molecule has 0 unspecified atom stereocenters. The lowest BCUT2D eigenvalue weighted by atomic mass is 10.1. The molecule has 1 N–H and O–H groups in total. The Morgan fingerprint density at radius 1 is 1.25 bits per heavy atom. The van der Waals surface area contributed by atoms with Gasteiger partial charge >= 0.3 is 0 Å². The maximum atomic E-state index is 11.1. The van der Waals surface area contributed by atoms with Crippen molar-refractivity contribution in [2.45, 2.75) is 26.3 Å². The Morgan fingerprint density at radius 2 is 1.80 bits per heavy atom. The van der Waals surface area contributed by atoms with E-state index in [1.807, 2.05) is 13.8 Å². The smallest absolute Gasteiger partial charge is 0.276 e. The molecular weight excluding hydrogens is 284 g/mol. The van der Waals surface area contributed by atoms with Gasteiger partial charge in [-0.3, -0.25) is 10.1 Å². The lowest BCUT2D eigenvalue weighted by molar-refractivity contribution is -0.385. The van der Waals surface area contributed by atoms with E-state index in [0.29, 0.717) is 36.1 Å². The lowest BCUT2D eigenvalue weighted by Crippen LogP contribution is -2.25. The second-order valence-electron chi connectivity index (χ2n) is 4.45. The molecule has 0 heterocycles. The van der Waals surface area contributed by atoms with Crippen LogP contribution in [0.5, 0.6) is 11.5 Å². The van der Waals surface area contributed by atoms with Crippen LogP contribution in [-0.2, 0) is 6.42 Å². The van der Waals surface area contributed by atoms with Crippen molar-refractivity contribution in [3.8, 4) is 11.5 Å². The van der Waals surface area contributed by atoms with Gasteiger partial charge in [-0.05, 0) is 19.0 Å². The highest BCUT2D eigenvalue weighted by Gasteiger charge is 2.19. The summed E-state index contributed by atoms with van der Waals surface area (Å²) in [5, 5.41) is 14.3. The molecule has 20 heavy (non-hydrogen) atoms. The standard InChI is InChI=1S/C13H20N2O4.ClH/c1-9(2)14-6-5-10-7-12(18-3)13(19-4)8-11(10)15(16)17;/h7-9,14H,5-6H2,1-4H3;1H. The maximum Gasteiger partial charge on any atom is 0.276 e. The molecule has 0 aliphatic carbocycles. The fourth-order valence-corrected chi connectivity index (χ4v) is 1.78. The predicted molar refractivity (Wildman–Crippen MR) is 80.3 cm³/mol. The minimum atomic E-state index is -0.396. The van der Waals surface area contributed by atoms with E-state index in [0.717, 1.165) is 0 Å². The largest absolute Gasteiger partial charge is 0.493 e. The predicted octanol–water partition coefficient (Wildman–Crippen LogP) is 2.57. The molecule has 0 radical (unpaired) electrons. The van der Waals surface area contributed by atoms with Crippen LogP contribution in [0.1, 0.15) is 19.4 Å². The van der Waals surface area contributed by atoms with Crippen LogP contribution in [0, 0.1) is 10.1 Å². The van der Waals surface area contributed by atoms with Gasteiger partial charge in [-0.15, -0.1) is 12.4 Å². The third-order valence-corrected chi connectivity index (χ3v) is 2.73. The van der Waals surface area contributed by atoms with Crippen LogP contribution in [0.2, 0.25) is 0 Å². The molecule has 6 nitrogen and oxygen atoms in total. The van der Waals surface area contributed by atoms with Crippen LogP contribution >= 0.6 is 12.4 Å². The van der Waals surface area contributed by atoms with E-state index in [-0.39, 0.29) is 18.1 Å². The lowest BCUT2D eigenvalue weighted by Gasteiger charge is -2.12. The first-order chi connectivity index (χ1) is 8.99. The molecule has 0 aliphatic heterocycles. The molecule has 0 atom stereocenters. The summed E-state index contributed by atoms with van der Waals surface area (Å²) >= 11 is 0. The van der Waals surface area contributed by atoms with Gasteiger partial charge in [0.05, 0.1) is 25.2 Å². The van der Waals surface area contributed by atoms with E-state index in [2.05, 4.69) is 5.32 Å². The zero-order chi connectivity index (χ0) is 14.4. The second kappa shape index (κ2) is 8.60. The van der Waals surface area contributed by atoms with Gasteiger partial charge in [-0.2, -0.15) is 0 Å². The molecule has 0 fully saturated rings. The number of nitrogens with one attached hydrogen (secondary N) is 1. The molecule has 0 saturated heterocycles. The molecule has 0 aromatic heterocycles. The van der Waals surface area contributed by atoms with Crippen LogP contribution in [0.15, 0.2) is 12.1 Å². The van der Waals surface area contributed by atoms with E-state index in [1.54, 1.807) is 6.07 Å². The highest BCUT2D eigenvalue weighted by molar-refractivity contribution is 5.85. The van der Waals surface area contributed by atoms with Crippen molar-refractivity contribution in [1.82, 2.24) is 5.32 Å². The van der Waals surface area contributed by atoms with Gasteiger partial charge in [0.1, 0.15) is 0 Å². The minimum absolute atomic E-state index is 0. The first-order valence-electron chi connectivity index (χ1n) is 6.12. The van der Waals surface area contributed by atoms with E-state index in [1.165, 1.54) is 20.3 Å². The van der Waals surface area contributed by atoms with Crippen molar-refractivity contribution in [3.05, 3.63) is 27.8 Å². The van der Waals surface area contributed by atoms with Gasteiger partial charge < -0.3 is 14.8 Å². The van der Waals surface area contributed by atoms with Crippen molar-refractivity contribution in [2.75, 3.05) is 20.8 Å². The van der Waals surface area contributed by atoms with Gasteiger partial charge in [0, 0.05) is 11.6 Å². The third-order valence-electron chi connectivity index (χ3n) is 2.73. The summed E-state index contributed by atoms with van der Waals surface area (Å²) in [5.74, 6) is 0.877. The number of nitro benzene ring substituents is 1. The van der Waals surface area contributed by atoms with Crippen molar-refractivity contribution < 1.29 is 14.4 Å². The molecule has 0 spiro atoms. The number of nitro groups is 1. The highest BCUT2D eigenvalue weighted by atomic mass is 35.5. The molecular formula is C13H21ClN2O4. The Balaban J connectivity index is 0.00000361. The minimum Gasteiger partial charge on any atom is -0.493 e. The summed E-state index contributed by atoms with van der Waals surface area (Å²) in [5.41, 5.74) is 0.694. The summed E-state index contributed by atoms with van der Waals surface area (Å²) in [7, 11) is 2.97. The maximum absolute atomic E-state index is 11.1. The first-order valence-corrected chi connectivity index (χ1v) is 6.12. The van der Waals surface area contributed by atoms with Crippen LogP contribution in [0.4, 0.5) is 5.69 Å². The Hall–Kier alpha value is -1.53. The molecule has 0 bridgehead atoms. The Bertz CT molecular complexity index is 452. The number of rotatable bonds is 7. The molecule has 0 saturated carbocycles. The van der Waals surface area contributed by atoms with Gasteiger partial charge in [0.2, 0.25) is 0 Å².